The summed E-state index contributed by atoms with van der Waals surface area (Å²) < 4.78 is 10.9. The van der Waals surface area contributed by atoms with Crippen LogP contribution in [0.25, 0.3) is 0 Å². The molecule has 98 valence electrons. The second-order valence-corrected chi connectivity index (χ2v) is 4.66. The zero-order valence-corrected chi connectivity index (χ0v) is 10.8. The van der Waals surface area contributed by atoms with Crippen molar-refractivity contribution in [2.45, 2.75) is 38.7 Å². The number of para-hydroxylation sites is 1. The molecule has 0 amide bonds. The summed E-state index contributed by atoms with van der Waals surface area (Å²) in [7, 11) is 0. The van der Waals surface area contributed by atoms with Gasteiger partial charge in [0.2, 0.25) is 0 Å². The quantitative estimate of drug-likeness (QED) is 0.768. The predicted molar refractivity (Wildman–Crippen MR) is 69.4 cm³/mol. The Balaban J connectivity index is 1.78. The topological polar surface area (TPSA) is 35.5 Å². The molecular formula is C15H20O3. The Kier molecular flexibility index (Phi) is 4.62. The van der Waals surface area contributed by atoms with Gasteiger partial charge in [-0.15, -0.1) is 0 Å². The largest absolute Gasteiger partial charge is 0.490 e. The van der Waals surface area contributed by atoms with E-state index in [2.05, 4.69) is 0 Å². The summed E-state index contributed by atoms with van der Waals surface area (Å²) in [5.74, 6) is 0.938. The molecule has 3 heteroatoms. The summed E-state index contributed by atoms with van der Waals surface area (Å²) in [5.41, 5.74) is 0. The monoisotopic (exact) mass is 248 g/mol. The van der Waals surface area contributed by atoms with Crippen LogP contribution in [0.3, 0.4) is 0 Å². The fourth-order valence-electron chi connectivity index (χ4n) is 2.37. The molecule has 18 heavy (non-hydrogen) atoms. The number of hydrogen-bond donors (Lipinski definition) is 0. The van der Waals surface area contributed by atoms with Gasteiger partial charge in [-0.25, -0.2) is 0 Å². The second kappa shape index (κ2) is 6.43. The van der Waals surface area contributed by atoms with Gasteiger partial charge >= 0.3 is 5.97 Å². The maximum Gasteiger partial charge on any atom is 0.308 e. The molecule has 1 fully saturated rings. The van der Waals surface area contributed by atoms with Gasteiger partial charge in [-0.3, -0.25) is 4.79 Å². The van der Waals surface area contributed by atoms with Gasteiger partial charge in [-0.1, -0.05) is 18.2 Å². The van der Waals surface area contributed by atoms with Crippen LogP contribution >= 0.6 is 0 Å². The van der Waals surface area contributed by atoms with Crippen molar-refractivity contribution in [1.29, 1.82) is 0 Å². The third-order valence-corrected chi connectivity index (χ3v) is 3.34. The van der Waals surface area contributed by atoms with Crippen molar-refractivity contribution in [1.82, 2.24) is 0 Å². The minimum absolute atomic E-state index is 0.0457. The van der Waals surface area contributed by atoms with Crippen molar-refractivity contribution < 1.29 is 14.3 Å². The van der Waals surface area contributed by atoms with Crippen LogP contribution in [0.5, 0.6) is 5.75 Å². The van der Waals surface area contributed by atoms with E-state index in [4.69, 9.17) is 9.47 Å². The molecule has 1 aromatic rings. The van der Waals surface area contributed by atoms with Crippen LogP contribution in [0.15, 0.2) is 30.3 Å². The van der Waals surface area contributed by atoms with Gasteiger partial charge in [0.25, 0.3) is 0 Å². The minimum Gasteiger partial charge on any atom is -0.490 e. The normalized spacial score (nSPS) is 23.4. The van der Waals surface area contributed by atoms with Crippen molar-refractivity contribution in [3.63, 3.8) is 0 Å². The van der Waals surface area contributed by atoms with Crippen LogP contribution < -0.4 is 4.74 Å². The molecule has 0 aromatic heterocycles. The Morgan fingerprint density at radius 1 is 1.17 bits per heavy atom. The standard InChI is InChI=1S/C15H20O3/c1-2-17-15(16)12-8-10-14(11-9-12)18-13-6-4-3-5-7-13/h3-7,12,14H,2,8-11H2,1H3/t12-,14+. The number of benzene rings is 1. The van der Waals surface area contributed by atoms with E-state index in [1.165, 1.54) is 0 Å². The van der Waals surface area contributed by atoms with Crippen molar-refractivity contribution in [3.05, 3.63) is 30.3 Å². The highest BCUT2D eigenvalue weighted by atomic mass is 16.5. The average Bonchev–Trinajstić information content (AvgIpc) is 2.41. The molecule has 0 N–H and O–H groups in total. The molecule has 0 spiro atoms. The van der Waals surface area contributed by atoms with E-state index in [0.717, 1.165) is 31.4 Å². The first-order valence-electron chi connectivity index (χ1n) is 6.68. The Bertz CT molecular complexity index is 367. The van der Waals surface area contributed by atoms with E-state index in [1.807, 2.05) is 37.3 Å². The van der Waals surface area contributed by atoms with Crippen molar-refractivity contribution >= 4 is 5.97 Å². The molecule has 0 saturated heterocycles. The summed E-state index contributed by atoms with van der Waals surface area (Å²) in [6, 6.07) is 9.86. The lowest BCUT2D eigenvalue weighted by Crippen LogP contribution is -2.29. The Labute approximate surface area is 108 Å². The van der Waals surface area contributed by atoms with Crippen LogP contribution in [0.4, 0.5) is 0 Å². The third kappa shape index (κ3) is 3.49. The van der Waals surface area contributed by atoms with Crippen LogP contribution in [-0.4, -0.2) is 18.7 Å². The van der Waals surface area contributed by atoms with Gasteiger partial charge in [0.05, 0.1) is 18.6 Å². The van der Waals surface area contributed by atoms with Crippen LogP contribution in [0, 0.1) is 5.92 Å². The lowest BCUT2D eigenvalue weighted by atomic mass is 9.87. The van der Waals surface area contributed by atoms with E-state index < -0.39 is 0 Å². The Hall–Kier alpha value is -1.51. The minimum atomic E-state index is -0.0457. The third-order valence-electron chi connectivity index (χ3n) is 3.34. The van der Waals surface area contributed by atoms with E-state index in [1.54, 1.807) is 0 Å². The van der Waals surface area contributed by atoms with Crippen LogP contribution in [-0.2, 0) is 9.53 Å². The van der Waals surface area contributed by atoms with Gasteiger partial charge in [0.1, 0.15) is 5.75 Å². The van der Waals surface area contributed by atoms with Crippen LogP contribution in [0.2, 0.25) is 0 Å². The number of esters is 1. The fraction of sp³-hybridized carbons (Fsp3) is 0.533. The molecule has 1 saturated carbocycles. The highest BCUT2D eigenvalue weighted by Gasteiger charge is 2.28. The van der Waals surface area contributed by atoms with Crippen molar-refractivity contribution in [2.75, 3.05) is 6.61 Å². The first kappa shape index (κ1) is 12.9. The van der Waals surface area contributed by atoms with Gasteiger partial charge in [-0.05, 0) is 44.7 Å². The summed E-state index contributed by atoms with van der Waals surface area (Å²) in [5, 5.41) is 0. The highest BCUT2D eigenvalue weighted by Crippen LogP contribution is 2.28. The lowest BCUT2D eigenvalue weighted by molar-refractivity contribution is -0.149. The van der Waals surface area contributed by atoms with E-state index >= 15 is 0 Å². The number of carbonyl (C=O) groups excluding carboxylic acids is 1. The molecule has 0 radical (unpaired) electrons. The highest BCUT2D eigenvalue weighted by molar-refractivity contribution is 5.72. The van der Waals surface area contributed by atoms with E-state index in [9.17, 15) is 4.79 Å². The van der Waals surface area contributed by atoms with Gasteiger partial charge < -0.3 is 9.47 Å². The lowest BCUT2D eigenvalue weighted by Gasteiger charge is -2.27. The summed E-state index contributed by atoms with van der Waals surface area (Å²) in [6.07, 6.45) is 3.83. The number of carbonyl (C=O) groups is 1. The molecule has 0 heterocycles. The zero-order chi connectivity index (χ0) is 12.8. The smallest absolute Gasteiger partial charge is 0.308 e. The summed E-state index contributed by atoms with van der Waals surface area (Å²) in [6.45, 7) is 2.32. The molecule has 1 aromatic carbocycles. The molecule has 2 rings (SSSR count). The number of rotatable bonds is 4. The molecule has 1 aliphatic rings. The maximum absolute atomic E-state index is 11.6. The average molecular weight is 248 g/mol. The molecule has 0 aliphatic heterocycles. The predicted octanol–water partition coefficient (Wildman–Crippen LogP) is 3.19. The van der Waals surface area contributed by atoms with Crippen molar-refractivity contribution in [3.8, 4) is 5.75 Å². The number of hydrogen-bond acceptors (Lipinski definition) is 3. The second-order valence-electron chi connectivity index (χ2n) is 4.66. The zero-order valence-electron chi connectivity index (χ0n) is 10.8. The number of ether oxygens (including phenoxy) is 2. The van der Waals surface area contributed by atoms with Gasteiger partial charge in [0.15, 0.2) is 0 Å². The van der Waals surface area contributed by atoms with Gasteiger partial charge in [0, 0.05) is 0 Å². The maximum atomic E-state index is 11.6. The molecule has 0 atom stereocenters. The summed E-state index contributed by atoms with van der Waals surface area (Å²) >= 11 is 0. The van der Waals surface area contributed by atoms with Crippen LogP contribution in [0.1, 0.15) is 32.6 Å². The van der Waals surface area contributed by atoms with E-state index in [-0.39, 0.29) is 18.0 Å². The Morgan fingerprint density at radius 3 is 2.44 bits per heavy atom. The first-order valence-corrected chi connectivity index (χ1v) is 6.68. The fourth-order valence-corrected chi connectivity index (χ4v) is 2.37. The summed E-state index contributed by atoms with van der Waals surface area (Å²) in [4.78, 5) is 11.6. The molecular weight excluding hydrogens is 228 g/mol. The van der Waals surface area contributed by atoms with Crippen molar-refractivity contribution in [2.24, 2.45) is 5.92 Å². The van der Waals surface area contributed by atoms with E-state index in [0.29, 0.717) is 6.61 Å². The molecule has 3 nitrogen and oxygen atoms in total. The van der Waals surface area contributed by atoms with Gasteiger partial charge in [-0.2, -0.15) is 0 Å². The Morgan fingerprint density at radius 2 is 1.83 bits per heavy atom. The molecule has 0 bridgehead atoms. The molecule has 1 aliphatic carbocycles. The molecule has 0 unspecified atom stereocenters. The SMILES string of the molecule is CCOC(=O)[C@H]1CC[C@@H](Oc2ccccc2)CC1. The first-order chi connectivity index (χ1) is 8.79.